The van der Waals surface area contributed by atoms with Crippen LogP contribution in [0.5, 0.6) is 5.75 Å². The third-order valence-electron chi connectivity index (χ3n) is 1.77. The van der Waals surface area contributed by atoms with Crippen molar-refractivity contribution in [1.29, 1.82) is 0 Å². The third-order valence-corrected chi connectivity index (χ3v) is 1.77. The Kier molecular flexibility index (Phi) is 8.15. The van der Waals surface area contributed by atoms with Gasteiger partial charge in [0.05, 0.1) is 5.97 Å². The number of carboxylic acid groups (broad SMARTS) is 1. The summed E-state index contributed by atoms with van der Waals surface area (Å²) in [5, 5.41) is 18.7. The van der Waals surface area contributed by atoms with E-state index in [1.165, 1.54) is 12.1 Å². The maximum Gasteiger partial charge on any atom is 1.00 e. The first kappa shape index (κ1) is 15.7. The Morgan fingerprint density at radius 3 is 1.53 bits per heavy atom. The Bertz CT molecular complexity index is 429. The summed E-state index contributed by atoms with van der Waals surface area (Å²) in [4.78, 5) is 10.1. The first-order valence-electron chi connectivity index (χ1n) is 4.70. The van der Waals surface area contributed by atoms with Crippen molar-refractivity contribution >= 4 is 5.97 Å². The van der Waals surface area contributed by atoms with Gasteiger partial charge in [0, 0.05) is 0 Å². The molecule has 3 nitrogen and oxygen atoms in total. The standard InChI is InChI=1S/C7H6O2.C6H6O.Na/c8-7(9)6-4-2-1-3-5-6;7-6-4-2-1-3-5-6;/h1-5H,(H,8,9);1-5,7H;/q;;+1/p-1. The smallest absolute Gasteiger partial charge is 0.545 e. The molecular weight excluding hydrogens is 227 g/mol. The minimum atomic E-state index is -1.13. The Labute approximate surface area is 122 Å². The van der Waals surface area contributed by atoms with Crippen molar-refractivity contribution in [2.45, 2.75) is 0 Å². The van der Waals surface area contributed by atoms with Crippen molar-refractivity contribution in [3.05, 3.63) is 66.2 Å². The predicted octanol–water partition coefficient (Wildman–Crippen LogP) is -1.55. The SMILES string of the molecule is O=C([O-])c1ccccc1.Oc1ccccc1.[Na+]. The molecule has 0 amide bonds. The van der Waals surface area contributed by atoms with Crippen LogP contribution in [0.3, 0.4) is 0 Å². The van der Waals surface area contributed by atoms with Gasteiger partial charge in [-0.25, -0.2) is 0 Å². The quantitative estimate of drug-likeness (QED) is 0.612. The number of phenols is 1. The average molecular weight is 238 g/mol. The molecule has 0 heterocycles. The second-order valence-electron chi connectivity index (χ2n) is 2.99. The van der Waals surface area contributed by atoms with Crippen molar-refractivity contribution in [3.8, 4) is 5.75 Å². The molecule has 4 heteroatoms. The molecule has 0 aliphatic rings. The number of para-hydroxylation sites is 1. The zero-order valence-corrected chi connectivity index (χ0v) is 11.5. The van der Waals surface area contributed by atoms with Crippen LogP contribution in [0.4, 0.5) is 0 Å². The maximum atomic E-state index is 10.1. The van der Waals surface area contributed by atoms with Crippen molar-refractivity contribution in [2.75, 3.05) is 0 Å². The summed E-state index contributed by atoms with van der Waals surface area (Å²) in [6.07, 6.45) is 0. The molecule has 0 fully saturated rings. The number of aromatic hydroxyl groups is 1. The van der Waals surface area contributed by atoms with Gasteiger partial charge in [-0.1, -0.05) is 48.5 Å². The molecule has 0 aromatic heterocycles. The van der Waals surface area contributed by atoms with Gasteiger partial charge in [-0.3, -0.25) is 0 Å². The zero-order valence-electron chi connectivity index (χ0n) is 9.54. The van der Waals surface area contributed by atoms with Gasteiger partial charge in [0.2, 0.25) is 0 Å². The number of carbonyl (C=O) groups is 1. The minimum absolute atomic E-state index is 0. The molecule has 0 saturated carbocycles. The summed E-state index contributed by atoms with van der Waals surface area (Å²) in [5.41, 5.74) is 0.220. The van der Waals surface area contributed by atoms with E-state index >= 15 is 0 Å². The van der Waals surface area contributed by atoms with Crippen molar-refractivity contribution in [1.82, 2.24) is 0 Å². The number of phenolic OH excluding ortho intramolecular Hbond substituents is 1. The average Bonchev–Trinajstić information content (AvgIpc) is 2.32. The van der Waals surface area contributed by atoms with Gasteiger partial charge in [-0.05, 0) is 17.7 Å². The molecule has 0 unspecified atom stereocenters. The van der Waals surface area contributed by atoms with Crippen molar-refractivity contribution < 1.29 is 44.6 Å². The van der Waals surface area contributed by atoms with Gasteiger partial charge in [0.1, 0.15) is 5.75 Å². The number of hydrogen-bond donors (Lipinski definition) is 1. The fourth-order valence-corrected chi connectivity index (χ4v) is 1.00. The summed E-state index contributed by atoms with van der Waals surface area (Å²) < 4.78 is 0. The Morgan fingerprint density at radius 2 is 1.29 bits per heavy atom. The van der Waals surface area contributed by atoms with E-state index in [9.17, 15) is 9.90 Å². The van der Waals surface area contributed by atoms with E-state index in [-0.39, 0.29) is 35.1 Å². The first-order chi connectivity index (χ1) is 7.70. The van der Waals surface area contributed by atoms with Gasteiger partial charge in [-0.2, -0.15) is 0 Å². The molecule has 17 heavy (non-hydrogen) atoms. The van der Waals surface area contributed by atoms with E-state index in [0.717, 1.165) is 0 Å². The van der Waals surface area contributed by atoms with E-state index in [0.29, 0.717) is 5.75 Å². The molecule has 1 N–H and O–H groups in total. The Balaban J connectivity index is 0.000000292. The van der Waals surface area contributed by atoms with Crippen LogP contribution in [0.1, 0.15) is 10.4 Å². The van der Waals surface area contributed by atoms with Crippen LogP contribution >= 0.6 is 0 Å². The molecule has 2 aromatic rings. The Hall–Kier alpha value is -1.29. The Morgan fingerprint density at radius 1 is 0.882 bits per heavy atom. The van der Waals surface area contributed by atoms with E-state index in [4.69, 9.17) is 5.11 Å². The number of aromatic carboxylic acids is 1. The number of hydrogen-bond acceptors (Lipinski definition) is 3. The molecular formula is C13H11NaO3. The molecule has 0 radical (unpaired) electrons. The van der Waals surface area contributed by atoms with Crippen LogP contribution in [0.25, 0.3) is 0 Å². The summed E-state index contributed by atoms with van der Waals surface area (Å²) in [5.74, 6) is -0.807. The van der Waals surface area contributed by atoms with E-state index in [1.54, 1.807) is 42.5 Å². The van der Waals surface area contributed by atoms with Gasteiger partial charge in [0.15, 0.2) is 0 Å². The van der Waals surface area contributed by atoms with Crippen LogP contribution in [0.2, 0.25) is 0 Å². The molecule has 0 bridgehead atoms. The molecule has 0 atom stereocenters. The number of carboxylic acids is 1. The topological polar surface area (TPSA) is 60.4 Å². The summed E-state index contributed by atoms with van der Waals surface area (Å²) >= 11 is 0. The monoisotopic (exact) mass is 238 g/mol. The summed E-state index contributed by atoms with van der Waals surface area (Å²) in [6, 6.07) is 16.8. The molecule has 82 valence electrons. The second kappa shape index (κ2) is 8.82. The zero-order chi connectivity index (χ0) is 11.8. The first-order valence-corrected chi connectivity index (χ1v) is 4.70. The van der Waals surface area contributed by atoms with Gasteiger partial charge >= 0.3 is 29.6 Å². The molecule has 0 spiro atoms. The molecule has 2 aromatic carbocycles. The fourth-order valence-electron chi connectivity index (χ4n) is 1.00. The molecule has 0 saturated heterocycles. The number of carbonyl (C=O) groups excluding carboxylic acids is 1. The fraction of sp³-hybridized carbons (Fsp3) is 0. The van der Waals surface area contributed by atoms with E-state index in [2.05, 4.69) is 0 Å². The van der Waals surface area contributed by atoms with Crippen LogP contribution in [0.15, 0.2) is 60.7 Å². The number of benzene rings is 2. The largest absolute Gasteiger partial charge is 1.00 e. The van der Waals surface area contributed by atoms with Gasteiger partial charge in [0.25, 0.3) is 0 Å². The molecule has 0 aliphatic carbocycles. The molecule has 2 rings (SSSR count). The summed E-state index contributed by atoms with van der Waals surface area (Å²) in [6.45, 7) is 0. The molecule has 0 aliphatic heterocycles. The van der Waals surface area contributed by atoms with E-state index in [1.807, 2.05) is 6.07 Å². The minimum Gasteiger partial charge on any atom is -0.545 e. The maximum absolute atomic E-state index is 10.1. The van der Waals surface area contributed by atoms with Crippen molar-refractivity contribution in [3.63, 3.8) is 0 Å². The van der Waals surface area contributed by atoms with Gasteiger partial charge < -0.3 is 15.0 Å². The third kappa shape index (κ3) is 6.79. The summed E-state index contributed by atoms with van der Waals surface area (Å²) in [7, 11) is 0. The van der Waals surface area contributed by atoms with Crippen LogP contribution in [-0.2, 0) is 0 Å². The van der Waals surface area contributed by atoms with Crippen molar-refractivity contribution in [2.24, 2.45) is 0 Å². The number of rotatable bonds is 1. The van der Waals surface area contributed by atoms with Crippen LogP contribution in [0, 0.1) is 0 Å². The second-order valence-corrected chi connectivity index (χ2v) is 2.99. The van der Waals surface area contributed by atoms with Crippen LogP contribution in [-0.4, -0.2) is 11.1 Å². The van der Waals surface area contributed by atoms with E-state index < -0.39 is 5.97 Å². The normalized spacial score (nSPS) is 8.24. The van der Waals surface area contributed by atoms with Crippen LogP contribution < -0.4 is 34.7 Å². The predicted molar refractivity (Wildman–Crippen MR) is 58.9 cm³/mol. The van der Waals surface area contributed by atoms with Gasteiger partial charge in [-0.15, -0.1) is 0 Å².